The lowest BCUT2D eigenvalue weighted by Crippen LogP contribution is -2.39. The molecule has 2 heterocycles. The number of pyridine rings is 1. The lowest BCUT2D eigenvalue weighted by molar-refractivity contribution is 0.0945. The Kier molecular flexibility index (Phi) is 6.84. The molecule has 5 heteroatoms. The van der Waals surface area contributed by atoms with Crippen molar-refractivity contribution in [3.8, 4) is 0 Å². The molecule has 0 aromatic carbocycles. The van der Waals surface area contributed by atoms with E-state index in [1.54, 1.807) is 6.20 Å². The smallest absolute Gasteiger partial charge is 0.252 e. The van der Waals surface area contributed by atoms with Crippen molar-refractivity contribution in [2.45, 2.75) is 45.6 Å². The Morgan fingerprint density at radius 3 is 2.74 bits per heavy atom. The average Bonchev–Trinajstić information content (AvgIpc) is 2.58. The number of rotatable bonds is 7. The van der Waals surface area contributed by atoms with Crippen LogP contribution >= 0.6 is 0 Å². The van der Waals surface area contributed by atoms with Gasteiger partial charge in [0.25, 0.3) is 5.91 Å². The third-order valence-electron chi connectivity index (χ3n) is 4.78. The van der Waals surface area contributed by atoms with Crippen molar-refractivity contribution in [1.29, 1.82) is 0 Å². The van der Waals surface area contributed by atoms with Gasteiger partial charge in [0.2, 0.25) is 0 Å². The normalized spacial score (nSPS) is 18.7. The Morgan fingerprint density at radius 2 is 2.13 bits per heavy atom. The second-order valence-electron chi connectivity index (χ2n) is 6.25. The van der Waals surface area contributed by atoms with E-state index in [9.17, 15) is 4.79 Å². The Balaban J connectivity index is 1.81. The van der Waals surface area contributed by atoms with Gasteiger partial charge in [0.15, 0.2) is 0 Å². The molecule has 2 rings (SSSR count). The standard InChI is InChI=1S/C18H30N4O/c1-4-22(5-2)17-10-9-15(14-20-17)18(23)19-12-11-16-8-6-7-13-21(16)3/h9-10,14,16H,4-8,11-13H2,1-3H3,(H,19,23). The summed E-state index contributed by atoms with van der Waals surface area (Å²) in [5, 5.41) is 3.02. The SMILES string of the molecule is CCN(CC)c1ccc(C(=O)NCCC2CCCCN2C)cn1. The van der Waals surface area contributed by atoms with Gasteiger partial charge in [0.05, 0.1) is 5.56 Å². The van der Waals surface area contributed by atoms with Crippen molar-refractivity contribution >= 4 is 11.7 Å². The van der Waals surface area contributed by atoms with Crippen LogP contribution in [0.3, 0.4) is 0 Å². The zero-order valence-corrected chi connectivity index (χ0v) is 14.7. The molecule has 1 unspecified atom stereocenters. The van der Waals surface area contributed by atoms with Crippen molar-refractivity contribution in [3.05, 3.63) is 23.9 Å². The number of amides is 1. The van der Waals surface area contributed by atoms with Crippen molar-refractivity contribution in [3.63, 3.8) is 0 Å². The zero-order chi connectivity index (χ0) is 16.7. The first-order valence-electron chi connectivity index (χ1n) is 8.85. The first-order valence-corrected chi connectivity index (χ1v) is 8.85. The number of nitrogens with zero attached hydrogens (tertiary/aromatic N) is 3. The maximum absolute atomic E-state index is 12.2. The van der Waals surface area contributed by atoms with Crippen LogP contribution in [-0.4, -0.2) is 55.1 Å². The maximum atomic E-state index is 12.2. The van der Waals surface area contributed by atoms with Crippen LogP contribution in [0.1, 0.15) is 49.9 Å². The van der Waals surface area contributed by atoms with E-state index < -0.39 is 0 Å². The number of anilines is 1. The summed E-state index contributed by atoms with van der Waals surface area (Å²) in [6.45, 7) is 7.96. The topological polar surface area (TPSA) is 48.5 Å². The van der Waals surface area contributed by atoms with E-state index in [1.807, 2.05) is 12.1 Å². The first kappa shape index (κ1) is 17.7. The van der Waals surface area contributed by atoms with Crippen LogP contribution in [0.2, 0.25) is 0 Å². The van der Waals surface area contributed by atoms with Crippen molar-refractivity contribution in [1.82, 2.24) is 15.2 Å². The number of likely N-dealkylation sites (tertiary alicyclic amines) is 1. The summed E-state index contributed by atoms with van der Waals surface area (Å²) >= 11 is 0. The molecule has 1 atom stereocenters. The van der Waals surface area contributed by atoms with Crippen LogP contribution in [0.5, 0.6) is 0 Å². The summed E-state index contributed by atoms with van der Waals surface area (Å²) < 4.78 is 0. The number of nitrogens with one attached hydrogen (secondary N) is 1. The molecular weight excluding hydrogens is 288 g/mol. The highest BCUT2D eigenvalue weighted by atomic mass is 16.1. The Morgan fingerprint density at radius 1 is 1.35 bits per heavy atom. The Bertz CT molecular complexity index is 484. The molecule has 5 nitrogen and oxygen atoms in total. The van der Waals surface area contributed by atoms with Crippen LogP contribution < -0.4 is 10.2 Å². The van der Waals surface area contributed by atoms with Gasteiger partial charge in [-0.15, -0.1) is 0 Å². The van der Waals surface area contributed by atoms with E-state index in [4.69, 9.17) is 0 Å². The van der Waals surface area contributed by atoms with Gasteiger partial charge >= 0.3 is 0 Å². The lowest BCUT2D eigenvalue weighted by atomic mass is 10.0. The van der Waals surface area contributed by atoms with Crippen molar-refractivity contribution in [2.24, 2.45) is 0 Å². The minimum absolute atomic E-state index is 0.0259. The van der Waals surface area contributed by atoms with E-state index in [-0.39, 0.29) is 5.91 Å². The highest BCUT2D eigenvalue weighted by molar-refractivity contribution is 5.94. The third-order valence-corrected chi connectivity index (χ3v) is 4.78. The van der Waals surface area contributed by atoms with Crippen LogP contribution in [-0.2, 0) is 0 Å². The lowest BCUT2D eigenvalue weighted by Gasteiger charge is -2.32. The predicted octanol–water partition coefficient (Wildman–Crippen LogP) is 2.53. The molecule has 0 bridgehead atoms. The molecule has 1 N–H and O–H groups in total. The summed E-state index contributed by atoms with van der Waals surface area (Å²) in [6.07, 6.45) is 6.54. The number of piperidine rings is 1. The van der Waals surface area contributed by atoms with Crippen molar-refractivity contribution < 1.29 is 4.79 Å². The Hall–Kier alpha value is -1.62. The fourth-order valence-corrected chi connectivity index (χ4v) is 3.22. The van der Waals surface area contributed by atoms with Gasteiger partial charge < -0.3 is 15.1 Å². The highest BCUT2D eigenvalue weighted by Gasteiger charge is 2.18. The molecule has 1 fully saturated rings. The van der Waals surface area contributed by atoms with E-state index in [0.717, 1.165) is 31.9 Å². The van der Waals surface area contributed by atoms with Gasteiger partial charge in [-0.2, -0.15) is 0 Å². The van der Waals surface area contributed by atoms with Gasteiger partial charge in [-0.1, -0.05) is 6.42 Å². The van der Waals surface area contributed by atoms with Crippen LogP contribution in [0.4, 0.5) is 5.82 Å². The van der Waals surface area contributed by atoms with Crippen LogP contribution in [0, 0.1) is 0 Å². The van der Waals surface area contributed by atoms with Crippen molar-refractivity contribution in [2.75, 3.05) is 38.1 Å². The molecule has 0 spiro atoms. The highest BCUT2D eigenvalue weighted by Crippen LogP contribution is 2.17. The zero-order valence-electron chi connectivity index (χ0n) is 14.7. The molecule has 23 heavy (non-hydrogen) atoms. The van der Waals surface area contributed by atoms with Gasteiger partial charge in [-0.3, -0.25) is 4.79 Å². The van der Waals surface area contributed by atoms with Gasteiger partial charge in [-0.05, 0) is 58.8 Å². The average molecular weight is 318 g/mol. The molecule has 1 saturated heterocycles. The molecule has 1 aromatic rings. The van der Waals surface area contributed by atoms with E-state index in [0.29, 0.717) is 11.6 Å². The third kappa shape index (κ3) is 4.93. The predicted molar refractivity (Wildman–Crippen MR) is 95.0 cm³/mol. The van der Waals surface area contributed by atoms with E-state index in [1.165, 1.54) is 25.8 Å². The molecular formula is C18H30N4O. The maximum Gasteiger partial charge on any atom is 0.252 e. The fraction of sp³-hybridized carbons (Fsp3) is 0.667. The van der Waals surface area contributed by atoms with E-state index >= 15 is 0 Å². The molecule has 0 radical (unpaired) electrons. The summed E-state index contributed by atoms with van der Waals surface area (Å²) in [5.41, 5.74) is 0.637. The number of hydrogen-bond acceptors (Lipinski definition) is 4. The molecule has 1 aromatic heterocycles. The first-order chi connectivity index (χ1) is 11.2. The van der Waals surface area contributed by atoms with E-state index in [2.05, 4.69) is 41.0 Å². The van der Waals surface area contributed by atoms with Gasteiger partial charge in [0, 0.05) is 31.9 Å². The fourth-order valence-electron chi connectivity index (χ4n) is 3.22. The monoisotopic (exact) mass is 318 g/mol. The summed E-state index contributed by atoms with van der Waals surface area (Å²) in [5.74, 6) is 0.900. The number of carbonyl (C=O) groups is 1. The summed E-state index contributed by atoms with van der Waals surface area (Å²) in [7, 11) is 2.18. The second-order valence-corrected chi connectivity index (χ2v) is 6.25. The van der Waals surface area contributed by atoms with Crippen LogP contribution in [0.15, 0.2) is 18.3 Å². The quantitative estimate of drug-likeness (QED) is 0.839. The molecule has 1 amide bonds. The summed E-state index contributed by atoms with van der Waals surface area (Å²) in [4.78, 5) is 21.2. The molecule has 0 aliphatic carbocycles. The summed E-state index contributed by atoms with van der Waals surface area (Å²) in [6, 6.07) is 4.40. The molecule has 128 valence electrons. The molecule has 0 saturated carbocycles. The number of aromatic nitrogens is 1. The minimum Gasteiger partial charge on any atom is -0.357 e. The number of carbonyl (C=O) groups excluding carboxylic acids is 1. The van der Waals surface area contributed by atoms with Gasteiger partial charge in [0.1, 0.15) is 5.82 Å². The van der Waals surface area contributed by atoms with Crippen LogP contribution in [0.25, 0.3) is 0 Å². The molecule has 1 aliphatic rings. The second kappa shape index (κ2) is 8.87. The number of hydrogen-bond donors (Lipinski definition) is 1. The van der Waals surface area contributed by atoms with Gasteiger partial charge in [-0.25, -0.2) is 4.98 Å². The molecule has 1 aliphatic heterocycles. The minimum atomic E-state index is -0.0259. The Labute approximate surface area is 140 Å². The largest absolute Gasteiger partial charge is 0.357 e.